The first-order valence-corrected chi connectivity index (χ1v) is 11.4. The fourth-order valence-corrected chi connectivity index (χ4v) is 4.44. The van der Waals surface area contributed by atoms with Gasteiger partial charge in [0.1, 0.15) is 0 Å². The first-order chi connectivity index (χ1) is 16.0. The smallest absolute Gasteiger partial charge is 0.255 e. The Morgan fingerprint density at radius 2 is 1.61 bits per heavy atom. The first-order valence-electron chi connectivity index (χ1n) is 11.4. The molecule has 0 unspecified atom stereocenters. The zero-order chi connectivity index (χ0) is 23.4. The van der Waals surface area contributed by atoms with E-state index in [0.717, 1.165) is 22.3 Å². The Hall–Kier alpha value is -3.44. The number of carbonyl (C=O) groups is 2. The number of amides is 2. The minimum absolute atomic E-state index is 0.0568. The van der Waals surface area contributed by atoms with Gasteiger partial charge in [-0.15, -0.1) is 0 Å². The predicted octanol–water partition coefficient (Wildman–Crippen LogP) is 4.43. The lowest BCUT2D eigenvalue weighted by atomic mass is 9.78. The van der Waals surface area contributed by atoms with Crippen LogP contribution in [0.4, 0.5) is 0 Å². The molecule has 5 heteroatoms. The number of nitrogens with one attached hydrogen (secondary N) is 1. The largest absolute Gasteiger partial charge is 0.392 e. The van der Waals surface area contributed by atoms with Gasteiger partial charge in [0, 0.05) is 18.7 Å². The molecule has 3 aromatic carbocycles. The van der Waals surface area contributed by atoms with Gasteiger partial charge in [0.2, 0.25) is 5.91 Å². The zero-order valence-corrected chi connectivity index (χ0v) is 19.1. The zero-order valence-electron chi connectivity index (χ0n) is 19.1. The van der Waals surface area contributed by atoms with Crippen LogP contribution in [0.25, 0.3) is 0 Å². The first kappa shape index (κ1) is 22.7. The molecule has 1 heterocycles. The highest BCUT2D eigenvalue weighted by atomic mass is 16.3. The second-order valence-electron chi connectivity index (χ2n) is 8.97. The number of aliphatic hydroxyl groups is 1. The number of benzene rings is 3. The molecule has 0 radical (unpaired) electrons. The van der Waals surface area contributed by atoms with Crippen LogP contribution in [0.5, 0.6) is 0 Å². The van der Waals surface area contributed by atoms with Crippen molar-refractivity contribution >= 4 is 11.8 Å². The summed E-state index contributed by atoms with van der Waals surface area (Å²) in [5.41, 5.74) is 3.99. The lowest BCUT2D eigenvalue weighted by molar-refractivity contribution is -0.124. The van der Waals surface area contributed by atoms with E-state index in [2.05, 4.69) is 19.2 Å². The SMILES string of the molecule is CC(C)CNC(=O)[C@@H]1c2ccccc2C(=O)N(Cc2ccccc2)[C@H]1c1ccc(CO)cc1. The number of hydrogen-bond acceptors (Lipinski definition) is 3. The van der Waals surface area contributed by atoms with E-state index in [-0.39, 0.29) is 18.4 Å². The number of rotatable bonds is 7. The lowest BCUT2D eigenvalue weighted by Gasteiger charge is -2.42. The molecule has 2 N–H and O–H groups in total. The van der Waals surface area contributed by atoms with Gasteiger partial charge in [0.05, 0.1) is 18.6 Å². The van der Waals surface area contributed by atoms with E-state index >= 15 is 0 Å². The maximum Gasteiger partial charge on any atom is 0.255 e. The molecule has 0 aliphatic carbocycles. The monoisotopic (exact) mass is 442 g/mol. The maximum absolute atomic E-state index is 13.7. The Kier molecular flexibility index (Phi) is 6.90. The molecule has 1 aliphatic heterocycles. The molecular formula is C28H30N2O3. The van der Waals surface area contributed by atoms with Crippen molar-refractivity contribution in [2.24, 2.45) is 5.92 Å². The summed E-state index contributed by atoms with van der Waals surface area (Å²) in [6.07, 6.45) is 0. The number of hydrogen-bond donors (Lipinski definition) is 2. The molecule has 2 atom stereocenters. The summed E-state index contributed by atoms with van der Waals surface area (Å²) in [6.45, 7) is 5.03. The van der Waals surface area contributed by atoms with Gasteiger partial charge in [-0.1, -0.05) is 86.6 Å². The number of fused-ring (bicyclic) bond motifs is 1. The van der Waals surface area contributed by atoms with Crippen LogP contribution < -0.4 is 5.32 Å². The Labute approximate surface area is 195 Å². The Morgan fingerprint density at radius 1 is 0.939 bits per heavy atom. The molecule has 0 aromatic heterocycles. The van der Waals surface area contributed by atoms with Gasteiger partial charge in [-0.25, -0.2) is 0 Å². The van der Waals surface area contributed by atoms with Crippen molar-refractivity contribution in [2.75, 3.05) is 6.54 Å². The third-order valence-corrected chi connectivity index (χ3v) is 6.11. The Morgan fingerprint density at radius 3 is 2.27 bits per heavy atom. The molecule has 4 rings (SSSR count). The van der Waals surface area contributed by atoms with Crippen LogP contribution in [0.3, 0.4) is 0 Å². The highest BCUT2D eigenvalue weighted by Crippen LogP contribution is 2.43. The summed E-state index contributed by atoms with van der Waals surface area (Å²) in [5, 5.41) is 12.6. The second-order valence-corrected chi connectivity index (χ2v) is 8.97. The average Bonchev–Trinajstić information content (AvgIpc) is 2.85. The summed E-state index contributed by atoms with van der Waals surface area (Å²) in [4.78, 5) is 29.1. The van der Waals surface area contributed by atoms with Crippen LogP contribution in [-0.2, 0) is 17.9 Å². The molecule has 0 saturated carbocycles. The van der Waals surface area contributed by atoms with Crippen molar-refractivity contribution in [2.45, 2.75) is 39.0 Å². The Balaban J connectivity index is 1.84. The number of aliphatic hydroxyl groups excluding tert-OH is 1. The minimum Gasteiger partial charge on any atom is -0.392 e. The normalized spacial score (nSPS) is 17.7. The fraction of sp³-hybridized carbons (Fsp3) is 0.286. The van der Waals surface area contributed by atoms with E-state index in [9.17, 15) is 14.7 Å². The molecule has 1 aliphatic rings. The van der Waals surface area contributed by atoms with Gasteiger partial charge >= 0.3 is 0 Å². The van der Waals surface area contributed by atoms with Crippen molar-refractivity contribution in [1.29, 1.82) is 0 Å². The van der Waals surface area contributed by atoms with Crippen LogP contribution in [0.15, 0.2) is 78.9 Å². The lowest BCUT2D eigenvalue weighted by Crippen LogP contribution is -2.47. The van der Waals surface area contributed by atoms with Crippen LogP contribution in [0, 0.1) is 5.92 Å². The van der Waals surface area contributed by atoms with Crippen molar-refractivity contribution < 1.29 is 14.7 Å². The van der Waals surface area contributed by atoms with Crippen LogP contribution in [0.1, 0.15) is 58.4 Å². The molecule has 33 heavy (non-hydrogen) atoms. The van der Waals surface area contributed by atoms with Crippen molar-refractivity contribution in [3.8, 4) is 0 Å². The van der Waals surface area contributed by atoms with Gasteiger partial charge in [0.25, 0.3) is 5.91 Å². The van der Waals surface area contributed by atoms with Gasteiger partial charge < -0.3 is 15.3 Å². The minimum atomic E-state index is -0.540. The van der Waals surface area contributed by atoms with Crippen LogP contribution >= 0.6 is 0 Å². The Bertz CT molecular complexity index is 1110. The third kappa shape index (κ3) is 4.83. The number of carbonyl (C=O) groups excluding carboxylic acids is 2. The molecule has 0 saturated heterocycles. The molecule has 2 amide bonds. The highest BCUT2D eigenvalue weighted by molar-refractivity contribution is 6.01. The van der Waals surface area contributed by atoms with Crippen LogP contribution in [0.2, 0.25) is 0 Å². The fourth-order valence-electron chi connectivity index (χ4n) is 4.44. The van der Waals surface area contributed by atoms with Crippen molar-refractivity contribution in [3.05, 3.63) is 107 Å². The predicted molar refractivity (Wildman–Crippen MR) is 128 cm³/mol. The van der Waals surface area contributed by atoms with Crippen LogP contribution in [-0.4, -0.2) is 28.4 Å². The molecular weight excluding hydrogens is 412 g/mol. The molecule has 170 valence electrons. The standard InChI is InChI=1S/C28H30N2O3/c1-19(2)16-29-27(32)25-23-10-6-7-11-24(23)28(33)30(17-20-8-4-3-5-9-20)26(25)22-14-12-21(18-31)13-15-22/h3-15,19,25-26,31H,16-18H2,1-2H3,(H,29,32)/t25-,26+/m1/s1. The summed E-state index contributed by atoms with van der Waals surface area (Å²) >= 11 is 0. The molecule has 0 fully saturated rings. The van der Waals surface area contributed by atoms with Crippen molar-refractivity contribution in [1.82, 2.24) is 10.2 Å². The molecule has 0 spiro atoms. The van der Waals surface area contributed by atoms with Gasteiger partial charge in [0.15, 0.2) is 0 Å². The summed E-state index contributed by atoms with van der Waals surface area (Å²) in [6, 6.07) is 24.3. The molecule has 5 nitrogen and oxygen atoms in total. The molecule has 3 aromatic rings. The van der Waals surface area contributed by atoms with E-state index in [4.69, 9.17) is 0 Å². The van der Waals surface area contributed by atoms with E-state index in [1.807, 2.05) is 83.8 Å². The highest BCUT2D eigenvalue weighted by Gasteiger charge is 2.44. The van der Waals surface area contributed by atoms with Gasteiger partial charge in [-0.3, -0.25) is 9.59 Å². The summed E-state index contributed by atoms with van der Waals surface area (Å²) < 4.78 is 0. The van der Waals surface area contributed by atoms with E-state index in [1.54, 1.807) is 0 Å². The maximum atomic E-state index is 13.7. The summed E-state index contributed by atoms with van der Waals surface area (Å²) in [5.74, 6) is -0.394. The van der Waals surface area contributed by atoms with Gasteiger partial charge in [-0.05, 0) is 34.2 Å². The van der Waals surface area contributed by atoms with E-state index in [0.29, 0.717) is 24.6 Å². The quantitative estimate of drug-likeness (QED) is 0.569. The average molecular weight is 443 g/mol. The van der Waals surface area contributed by atoms with E-state index < -0.39 is 12.0 Å². The third-order valence-electron chi connectivity index (χ3n) is 6.11. The van der Waals surface area contributed by atoms with Crippen molar-refractivity contribution in [3.63, 3.8) is 0 Å². The topological polar surface area (TPSA) is 69.6 Å². The van der Waals surface area contributed by atoms with E-state index in [1.165, 1.54) is 0 Å². The second kappa shape index (κ2) is 10.0. The van der Waals surface area contributed by atoms with Gasteiger partial charge in [-0.2, -0.15) is 0 Å². The molecule has 0 bridgehead atoms. The summed E-state index contributed by atoms with van der Waals surface area (Å²) in [7, 11) is 0. The number of nitrogens with zero attached hydrogens (tertiary/aromatic N) is 1.